The zero-order valence-electron chi connectivity index (χ0n) is 8.53. The Labute approximate surface area is 89.7 Å². The van der Waals surface area contributed by atoms with Crippen LogP contribution in [0.5, 0.6) is 11.5 Å². The number of fused-ring (bicyclic) bond motifs is 1. The molecule has 0 unspecified atom stereocenters. The van der Waals surface area contributed by atoms with E-state index in [1.54, 1.807) is 0 Å². The van der Waals surface area contributed by atoms with E-state index in [2.05, 4.69) is 20.0 Å². The second-order valence-corrected chi connectivity index (χ2v) is 10.2. The van der Waals surface area contributed by atoms with Crippen molar-refractivity contribution in [3.63, 3.8) is 0 Å². The van der Waals surface area contributed by atoms with Crippen LogP contribution in [0.15, 0.2) is 24.3 Å². The van der Waals surface area contributed by atoms with Gasteiger partial charge in [0.05, 0.1) is 0 Å². The Bertz CT molecular complexity index is 339. The zero-order chi connectivity index (χ0) is 10.4. The number of benzene rings is 1. The van der Waals surface area contributed by atoms with Gasteiger partial charge in [-0.05, 0) is 19.3 Å². The van der Waals surface area contributed by atoms with Crippen LogP contribution in [-0.2, 0) is 0 Å². The number of halogens is 1. The summed E-state index contributed by atoms with van der Waals surface area (Å²) in [6, 6.07) is 7.61. The SMILES string of the molecule is C[P+](C)(C)[B-]1(Cl)Oc2ccccc2O1. The van der Waals surface area contributed by atoms with Gasteiger partial charge in [0.2, 0.25) is 0 Å². The van der Waals surface area contributed by atoms with Gasteiger partial charge in [-0.25, -0.2) is 11.5 Å². The summed E-state index contributed by atoms with van der Waals surface area (Å²) in [4.78, 5) is 0. The van der Waals surface area contributed by atoms with Gasteiger partial charge in [-0.15, -0.1) is 0 Å². The second-order valence-electron chi connectivity index (χ2n) is 4.38. The van der Waals surface area contributed by atoms with E-state index in [0.717, 1.165) is 11.5 Å². The molecule has 0 aliphatic carbocycles. The molecule has 0 atom stereocenters. The lowest BCUT2D eigenvalue weighted by molar-refractivity contribution is 0.515. The average Bonchev–Trinajstić information content (AvgIpc) is 2.40. The van der Waals surface area contributed by atoms with Gasteiger partial charge in [0.1, 0.15) is 11.5 Å². The van der Waals surface area contributed by atoms with Crippen LogP contribution < -0.4 is 9.31 Å². The van der Waals surface area contributed by atoms with Crippen LogP contribution in [0, 0.1) is 0 Å². The highest BCUT2D eigenvalue weighted by Crippen LogP contribution is 2.62. The molecule has 2 nitrogen and oxygen atoms in total. The van der Waals surface area contributed by atoms with Gasteiger partial charge in [-0.1, -0.05) is 12.1 Å². The Balaban J connectivity index is 2.35. The van der Waals surface area contributed by atoms with Crippen LogP contribution in [0.25, 0.3) is 0 Å². The summed E-state index contributed by atoms with van der Waals surface area (Å²) >= 11 is 6.38. The van der Waals surface area contributed by atoms with Gasteiger partial charge >= 0.3 is 5.69 Å². The van der Waals surface area contributed by atoms with Crippen molar-refractivity contribution in [2.75, 3.05) is 20.0 Å². The minimum absolute atomic E-state index is 0.762. The molecule has 0 bridgehead atoms. The molecule has 0 N–H and O–H groups in total. The predicted octanol–water partition coefficient (Wildman–Crippen LogP) is 3.04. The number of hydrogen-bond acceptors (Lipinski definition) is 2. The topological polar surface area (TPSA) is 18.5 Å². The minimum atomic E-state index is -1.67. The maximum atomic E-state index is 6.38. The fourth-order valence-corrected chi connectivity index (χ4v) is 2.35. The largest absolute Gasteiger partial charge is 0.633 e. The normalized spacial score (nSPS) is 18.3. The lowest BCUT2D eigenvalue weighted by Crippen LogP contribution is -2.40. The van der Waals surface area contributed by atoms with Crippen LogP contribution in [0.4, 0.5) is 0 Å². The van der Waals surface area contributed by atoms with Crippen molar-refractivity contribution >= 4 is 24.3 Å². The molecular formula is C9H13BClO2P. The van der Waals surface area contributed by atoms with Crippen molar-refractivity contribution in [2.24, 2.45) is 0 Å². The molecule has 5 heteroatoms. The van der Waals surface area contributed by atoms with Gasteiger partial charge in [-0.2, -0.15) is 0 Å². The minimum Gasteiger partial charge on any atom is -0.633 e. The molecule has 1 aliphatic heterocycles. The summed E-state index contributed by atoms with van der Waals surface area (Å²) in [6.07, 6.45) is 0. The highest BCUT2D eigenvalue weighted by molar-refractivity contribution is 8.11. The Hall–Kier alpha value is -0.395. The van der Waals surface area contributed by atoms with Crippen molar-refractivity contribution in [1.82, 2.24) is 0 Å². The molecule has 14 heavy (non-hydrogen) atoms. The molecule has 76 valence electrons. The van der Waals surface area contributed by atoms with Gasteiger partial charge in [0.25, 0.3) is 0 Å². The first-order valence-electron chi connectivity index (χ1n) is 4.53. The van der Waals surface area contributed by atoms with Gasteiger partial charge in [0, 0.05) is 20.0 Å². The first kappa shape index (κ1) is 10.1. The van der Waals surface area contributed by atoms with Gasteiger partial charge in [-0.3, -0.25) is 0 Å². The first-order valence-corrected chi connectivity index (χ1v) is 8.16. The van der Waals surface area contributed by atoms with Crippen LogP contribution in [0.3, 0.4) is 0 Å². The van der Waals surface area contributed by atoms with E-state index in [1.165, 1.54) is 0 Å². The lowest BCUT2D eigenvalue weighted by Gasteiger charge is -2.33. The van der Waals surface area contributed by atoms with E-state index in [0.29, 0.717) is 0 Å². The van der Waals surface area contributed by atoms with Crippen molar-refractivity contribution in [2.45, 2.75) is 0 Å². The van der Waals surface area contributed by atoms with E-state index >= 15 is 0 Å². The monoisotopic (exact) mass is 230 g/mol. The van der Waals surface area contributed by atoms with Crippen molar-refractivity contribution < 1.29 is 9.31 Å². The molecule has 0 amide bonds. The molecule has 0 spiro atoms. The van der Waals surface area contributed by atoms with E-state index in [9.17, 15) is 0 Å². The Morgan fingerprint density at radius 1 is 1.07 bits per heavy atom. The maximum Gasteiger partial charge on any atom is 0.606 e. The summed E-state index contributed by atoms with van der Waals surface area (Å²) in [6.45, 7) is 6.35. The Morgan fingerprint density at radius 2 is 1.50 bits per heavy atom. The van der Waals surface area contributed by atoms with E-state index < -0.39 is 12.8 Å². The molecule has 0 saturated heterocycles. The van der Waals surface area contributed by atoms with Crippen molar-refractivity contribution in [1.29, 1.82) is 0 Å². The van der Waals surface area contributed by atoms with E-state index in [1.807, 2.05) is 24.3 Å². The molecule has 1 aromatic rings. The van der Waals surface area contributed by atoms with Gasteiger partial charge < -0.3 is 9.31 Å². The van der Waals surface area contributed by atoms with Crippen LogP contribution in [-0.4, -0.2) is 25.7 Å². The molecule has 0 fully saturated rings. The predicted molar refractivity (Wildman–Crippen MR) is 64.0 cm³/mol. The Morgan fingerprint density at radius 3 is 1.86 bits per heavy atom. The highest BCUT2D eigenvalue weighted by Gasteiger charge is 2.53. The molecule has 1 aliphatic rings. The van der Waals surface area contributed by atoms with Crippen molar-refractivity contribution in [3.05, 3.63) is 24.3 Å². The molecule has 0 aromatic heterocycles. The fraction of sp³-hybridized carbons (Fsp3) is 0.333. The third-order valence-electron chi connectivity index (χ3n) is 2.32. The van der Waals surface area contributed by atoms with Crippen LogP contribution in [0.2, 0.25) is 0 Å². The molecule has 1 heterocycles. The van der Waals surface area contributed by atoms with E-state index in [-0.39, 0.29) is 0 Å². The fourth-order valence-electron chi connectivity index (χ4n) is 1.30. The molecule has 0 saturated carbocycles. The summed E-state index contributed by atoms with van der Waals surface area (Å²) in [7, 11) is -1.37. The number of hydrogen-bond donors (Lipinski definition) is 0. The molecular weight excluding hydrogens is 217 g/mol. The molecule has 1 aromatic carbocycles. The lowest BCUT2D eigenvalue weighted by atomic mass is 10.3. The second kappa shape index (κ2) is 3.05. The summed E-state index contributed by atoms with van der Waals surface area (Å²) < 4.78 is 11.4. The first-order chi connectivity index (χ1) is 6.42. The zero-order valence-corrected chi connectivity index (χ0v) is 10.2. The third kappa shape index (κ3) is 1.49. The average molecular weight is 230 g/mol. The van der Waals surface area contributed by atoms with E-state index in [4.69, 9.17) is 20.8 Å². The number of rotatable bonds is 1. The Kier molecular flexibility index (Phi) is 2.21. The van der Waals surface area contributed by atoms with Crippen LogP contribution in [0.1, 0.15) is 0 Å². The standard InChI is InChI=1S/C9H13BClO2P/c1-14(2,3)10(11)12-8-6-4-5-7-9(8)13-10/h4-7H,1-3H3. The molecule has 0 radical (unpaired) electrons. The van der Waals surface area contributed by atoms with Crippen molar-refractivity contribution in [3.8, 4) is 11.5 Å². The summed E-state index contributed by atoms with van der Waals surface area (Å²) in [5.41, 5.74) is -1.67. The van der Waals surface area contributed by atoms with Crippen LogP contribution >= 0.6 is 18.6 Å². The third-order valence-corrected chi connectivity index (χ3v) is 6.32. The number of para-hydroxylation sites is 2. The highest BCUT2D eigenvalue weighted by atomic mass is 35.5. The molecule has 2 rings (SSSR count). The maximum absolute atomic E-state index is 6.38. The summed E-state index contributed by atoms with van der Waals surface area (Å²) in [5.74, 6) is 1.52. The smallest absolute Gasteiger partial charge is 0.606 e. The quantitative estimate of drug-likeness (QED) is 0.545. The summed E-state index contributed by atoms with van der Waals surface area (Å²) in [5, 5.41) is 0. The van der Waals surface area contributed by atoms with Gasteiger partial charge in [0.15, 0.2) is 0 Å².